The lowest BCUT2D eigenvalue weighted by Gasteiger charge is -2.08. The van der Waals surface area contributed by atoms with E-state index in [9.17, 15) is 0 Å². The maximum absolute atomic E-state index is 8.92. The second kappa shape index (κ2) is 4.91. The quantitative estimate of drug-likeness (QED) is 0.832. The van der Waals surface area contributed by atoms with Gasteiger partial charge >= 0.3 is 0 Å². The molecule has 1 aliphatic rings. The summed E-state index contributed by atoms with van der Waals surface area (Å²) in [5.41, 5.74) is 3.08. The molecule has 2 aromatic rings. The van der Waals surface area contributed by atoms with Gasteiger partial charge in [-0.1, -0.05) is 17.7 Å². The number of halogens is 1. The maximum Gasteiger partial charge on any atom is 0.239 e. The van der Waals surface area contributed by atoms with Crippen molar-refractivity contribution in [2.24, 2.45) is 0 Å². The molecule has 0 spiro atoms. The number of benzene rings is 1. The third-order valence-corrected chi connectivity index (χ3v) is 3.63. The first kappa shape index (κ1) is 12.0. The minimum atomic E-state index is 0.255. The molecule has 0 saturated carbocycles. The van der Waals surface area contributed by atoms with E-state index in [1.165, 1.54) is 23.7 Å². The summed E-state index contributed by atoms with van der Waals surface area (Å²) < 4.78 is 5.68. The van der Waals surface area contributed by atoms with Gasteiger partial charge < -0.3 is 4.74 Å². The van der Waals surface area contributed by atoms with Crippen molar-refractivity contribution in [3.05, 3.63) is 52.2 Å². The van der Waals surface area contributed by atoms with Crippen molar-refractivity contribution < 1.29 is 4.74 Å². The second-order valence-electron chi connectivity index (χ2n) is 4.48. The number of hydrogen-bond acceptors (Lipinski definition) is 3. The minimum Gasteiger partial charge on any atom is -0.437 e. The Hall–Kier alpha value is -2.05. The number of aromatic nitrogens is 1. The van der Waals surface area contributed by atoms with E-state index >= 15 is 0 Å². The average Bonchev–Trinajstić information content (AvgIpc) is 2.88. The van der Waals surface area contributed by atoms with Gasteiger partial charge in [0.05, 0.1) is 5.56 Å². The molecule has 0 amide bonds. The van der Waals surface area contributed by atoms with Crippen LogP contribution in [-0.4, -0.2) is 4.98 Å². The SMILES string of the molecule is N#Cc1ccnc(Oc2ccc3c(c2)CCC3)c1Cl. The van der Waals surface area contributed by atoms with Crippen molar-refractivity contribution in [2.45, 2.75) is 19.3 Å². The molecule has 3 rings (SSSR count). The molecule has 94 valence electrons. The molecule has 1 aromatic heterocycles. The molecule has 0 unspecified atom stereocenters. The highest BCUT2D eigenvalue weighted by atomic mass is 35.5. The van der Waals surface area contributed by atoms with Crippen LogP contribution in [0.2, 0.25) is 5.02 Å². The van der Waals surface area contributed by atoms with Crippen LogP contribution in [-0.2, 0) is 12.8 Å². The first-order chi connectivity index (χ1) is 9.28. The number of nitriles is 1. The normalized spacial score (nSPS) is 12.8. The molecule has 3 nitrogen and oxygen atoms in total. The highest BCUT2D eigenvalue weighted by molar-refractivity contribution is 6.33. The molecule has 1 aromatic carbocycles. The van der Waals surface area contributed by atoms with Crippen LogP contribution in [0.25, 0.3) is 0 Å². The Morgan fingerprint density at radius 2 is 2.05 bits per heavy atom. The number of aryl methyl sites for hydroxylation is 2. The molecule has 0 aliphatic heterocycles. The van der Waals surface area contributed by atoms with Crippen molar-refractivity contribution in [2.75, 3.05) is 0 Å². The van der Waals surface area contributed by atoms with Gasteiger partial charge in [-0.15, -0.1) is 0 Å². The summed E-state index contributed by atoms with van der Waals surface area (Å²) in [5, 5.41) is 9.17. The fourth-order valence-corrected chi connectivity index (χ4v) is 2.50. The zero-order valence-electron chi connectivity index (χ0n) is 10.2. The zero-order chi connectivity index (χ0) is 13.2. The molecule has 4 heteroatoms. The number of pyridine rings is 1. The fourth-order valence-electron chi connectivity index (χ4n) is 2.31. The minimum absolute atomic E-state index is 0.255. The third-order valence-electron chi connectivity index (χ3n) is 3.26. The lowest BCUT2D eigenvalue weighted by Crippen LogP contribution is -1.92. The van der Waals surface area contributed by atoms with Crippen molar-refractivity contribution in [1.29, 1.82) is 5.26 Å². The number of hydrogen-bond donors (Lipinski definition) is 0. The molecule has 0 fully saturated rings. The third kappa shape index (κ3) is 2.27. The summed E-state index contributed by atoms with van der Waals surface area (Å²) >= 11 is 6.07. The van der Waals surface area contributed by atoms with Crippen molar-refractivity contribution in [1.82, 2.24) is 4.98 Å². The van der Waals surface area contributed by atoms with Gasteiger partial charge in [0.25, 0.3) is 0 Å². The van der Waals surface area contributed by atoms with Gasteiger partial charge in [0.1, 0.15) is 16.8 Å². The molecule has 0 saturated heterocycles. The molecule has 0 bridgehead atoms. The van der Waals surface area contributed by atoms with Gasteiger partial charge in [-0.2, -0.15) is 5.26 Å². The Labute approximate surface area is 116 Å². The lowest BCUT2D eigenvalue weighted by atomic mass is 10.1. The smallest absolute Gasteiger partial charge is 0.239 e. The van der Waals surface area contributed by atoms with E-state index in [4.69, 9.17) is 21.6 Å². The van der Waals surface area contributed by atoms with E-state index in [1.807, 2.05) is 18.2 Å². The first-order valence-corrected chi connectivity index (χ1v) is 6.50. The summed E-state index contributed by atoms with van der Waals surface area (Å²) in [5.74, 6) is 0.990. The van der Waals surface area contributed by atoms with E-state index in [0.717, 1.165) is 12.8 Å². The fraction of sp³-hybridized carbons (Fsp3) is 0.200. The molecular formula is C15H11ClN2O. The Bertz CT molecular complexity index is 676. The van der Waals surface area contributed by atoms with Crippen LogP contribution in [0.5, 0.6) is 11.6 Å². The zero-order valence-corrected chi connectivity index (χ0v) is 10.9. The summed E-state index contributed by atoms with van der Waals surface area (Å²) in [6, 6.07) is 9.61. The van der Waals surface area contributed by atoms with Gasteiger partial charge in [0.15, 0.2) is 0 Å². The van der Waals surface area contributed by atoms with Crippen molar-refractivity contribution >= 4 is 11.6 Å². The molecular weight excluding hydrogens is 260 g/mol. The topological polar surface area (TPSA) is 45.9 Å². The molecule has 0 radical (unpaired) electrons. The Kier molecular flexibility index (Phi) is 3.10. The molecule has 1 heterocycles. The number of ether oxygens (including phenoxy) is 1. The standard InChI is InChI=1S/C15H11ClN2O/c16-14-12(9-17)6-7-18-15(14)19-13-5-4-10-2-1-3-11(10)8-13/h4-8H,1-3H2. The van der Waals surface area contributed by atoms with Crippen LogP contribution in [0.3, 0.4) is 0 Å². The van der Waals surface area contributed by atoms with Crippen LogP contribution in [0, 0.1) is 11.3 Å². The summed E-state index contributed by atoms with van der Waals surface area (Å²) in [4.78, 5) is 4.07. The predicted octanol–water partition coefficient (Wildman–Crippen LogP) is 3.89. The first-order valence-electron chi connectivity index (χ1n) is 6.12. The second-order valence-corrected chi connectivity index (χ2v) is 4.85. The Morgan fingerprint density at radius 3 is 2.89 bits per heavy atom. The summed E-state index contributed by atoms with van der Waals surface area (Å²) in [6.45, 7) is 0. The van der Waals surface area contributed by atoms with Gasteiger partial charge in [-0.25, -0.2) is 4.98 Å². The van der Waals surface area contributed by atoms with Crippen LogP contribution >= 0.6 is 11.6 Å². The summed E-state index contributed by atoms with van der Waals surface area (Å²) in [7, 11) is 0. The number of nitrogens with zero attached hydrogens (tertiary/aromatic N) is 2. The van der Waals surface area contributed by atoms with Gasteiger partial charge in [0.2, 0.25) is 5.88 Å². The van der Waals surface area contributed by atoms with Crippen LogP contribution in [0.15, 0.2) is 30.5 Å². The number of rotatable bonds is 2. The van der Waals surface area contributed by atoms with Gasteiger partial charge in [0, 0.05) is 6.20 Å². The Balaban J connectivity index is 1.92. The van der Waals surface area contributed by atoms with E-state index < -0.39 is 0 Å². The maximum atomic E-state index is 8.92. The monoisotopic (exact) mass is 270 g/mol. The van der Waals surface area contributed by atoms with E-state index in [2.05, 4.69) is 11.1 Å². The van der Waals surface area contributed by atoms with Crippen molar-refractivity contribution in [3.63, 3.8) is 0 Å². The van der Waals surface area contributed by atoms with E-state index in [-0.39, 0.29) is 10.9 Å². The van der Waals surface area contributed by atoms with Crippen LogP contribution in [0.1, 0.15) is 23.1 Å². The highest BCUT2D eigenvalue weighted by Crippen LogP contribution is 2.32. The highest BCUT2D eigenvalue weighted by Gasteiger charge is 2.13. The molecule has 1 aliphatic carbocycles. The van der Waals surface area contributed by atoms with Gasteiger partial charge in [-0.05, 0) is 48.6 Å². The molecule has 0 N–H and O–H groups in total. The predicted molar refractivity (Wildman–Crippen MR) is 72.5 cm³/mol. The van der Waals surface area contributed by atoms with E-state index in [1.54, 1.807) is 6.07 Å². The Morgan fingerprint density at radius 1 is 1.21 bits per heavy atom. The van der Waals surface area contributed by atoms with Gasteiger partial charge in [-0.3, -0.25) is 0 Å². The molecule has 0 atom stereocenters. The van der Waals surface area contributed by atoms with Crippen LogP contribution in [0.4, 0.5) is 0 Å². The van der Waals surface area contributed by atoms with E-state index in [0.29, 0.717) is 11.3 Å². The van der Waals surface area contributed by atoms with Crippen LogP contribution < -0.4 is 4.74 Å². The lowest BCUT2D eigenvalue weighted by molar-refractivity contribution is 0.462. The molecule has 19 heavy (non-hydrogen) atoms. The number of fused-ring (bicyclic) bond motifs is 1. The average molecular weight is 271 g/mol. The van der Waals surface area contributed by atoms with Crippen molar-refractivity contribution in [3.8, 4) is 17.7 Å². The summed E-state index contributed by atoms with van der Waals surface area (Å²) in [6.07, 6.45) is 4.94. The largest absolute Gasteiger partial charge is 0.437 e.